The van der Waals surface area contributed by atoms with E-state index in [4.69, 9.17) is 0 Å². The van der Waals surface area contributed by atoms with Crippen molar-refractivity contribution in [3.05, 3.63) is 96.3 Å². The predicted octanol–water partition coefficient (Wildman–Crippen LogP) is 6.46. The number of hydrogen-bond donors (Lipinski definition) is 0. The molecule has 3 heteroatoms. The molecular formula is C27H28N2O. The highest BCUT2D eigenvalue weighted by molar-refractivity contribution is 6.10. The Labute approximate surface area is 178 Å². The predicted molar refractivity (Wildman–Crippen MR) is 126 cm³/mol. The molecular weight excluding hydrogens is 368 g/mol. The average Bonchev–Trinajstić information content (AvgIpc) is 3.19. The summed E-state index contributed by atoms with van der Waals surface area (Å²) in [5.41, 5.74) is 5.91. The van der Waals surface area contributed by atoms with Gasteiger partial charge in [0.1, 0.15) is 0 Å². The summed E-state index contributed by atoms with van der Waals surface area (Å²) in [4.78, 5) is 15.6. The number of aromatic nitrogens is 1. The molecule has 0 radical (unpaired) electrons. The molecule has 3 nitrogen and oxygen atoms in total. The number of carbonyl (C=O) groups is 1. The molecule has 0 fully saturated rings. The summed E-state index contributed by atoms with van der Waals surface area (Å²) in [7, 11) is 0. The van der Waals surface area contributed by atoms with Crippen LogP contribution >= 0.6 is 0 Å². The normalized spacial score (nSPS) is 11.0. The standard InChI is InChI=1S/C27H28N2O/c1-3-17-28(18-4-2)23-15-13-21(14-16-23)24-20-26(29-19-9-8-12-25(24)29)27(30)22-10-6-5-7-11-22/h5-16,19-20H,3-4,17-18H2,1-2H3. The number of carbonyl (C=O) groups excluding carboxylic acids is 1. The third-order valence-corrected chi connectivity index (χ3v) is 5.48. The highest BCUT2D eigenvalue weighted by Gasteiger charge is 2.17. The quantitative estimate of drug-likeness (QED) is 0.319. The van der Waals surface area contributed by atoms with E-state index in [0.29, 0.717) is 11.3 Å². The fourth-order valence-corrected chi connectivity index (χ4v) is 4.06. The summed E-state index contributed by atoms with van der Waals surface area (Å²) in [6, 6.07) is 26.3. The average molecular weight is 397 g/mol. The van der Waals surface area contributed by atoms with Crippen LogP contribution in [0.2, 0.25) is 0 Å². The van der Waals surface area contributed by atoms with E-state index >= 15 is 0 Å². The molecule has 0 saturated heterocycles. The lowest BCUT2D eigenvalue weighted by molar-refractivity contribution is 0.103. The maximum atomic E-state index is 13.2. The molecule has 2 heterocycles. The Morgan fingerprint density at radius 3 is 2.17 bits per heavy atom. The van der Waals surface area contributed by atoms with E-state index in [2.05, 4.69) is 49.1 Å². The van der Waals surface area contributed by atoms with Crippen LogP contribution in [0.3, 0.4) is 0 Å². The molecule has 30 heavy (non-hydrogen) atoms. The van der Waals surface area contributed by atoms with E-state index in [-0.39, 0.29) is 5.78 Å². The van der Waals surface area contributed by atoms with Crippen molar-refractivity contribution in [1.29, 1.82) is 0 Å². The Hall–Kier alpha value is -3.33. The third kappa shape index (κ3) is 3.88. The van der Waals surface area contributed by atoms with Gasteiger partial charge in [-0.15, -0.1) is 0 Å². The Kier molecular flexibility index (Phi) is 5.99. The Morgan fingerprint density at radius 2 is 1.50 bits per heavy atom. The van der Waals surface area contributed by atoms with Gasteiger partial charge in [0, 0.05) is 36.1 Å². The van der Waals surface area contributed by atoms with Gasteiger partial charge in [0.15, 0.2) is 0 Å². The van der Waals surface area contributed by atoms with Crippen LogP contribution in [0.4, 0.5) is 5.69 Å². The maximum absolute atomic E-state index is 13.2. The number of fused-ring (bicyclic) bond motifs is 1. The summed E-state index contributed by atoms with van der Waals surface area (Å²) >= 11 is 0. The maximum Gasteiger partial charge on any atom is 0.209 e. The van der Waals surface area contributed by atoms with Crippen molar-refractivity contribution >= 4 is 17.0 Å². The lowest BCUT2D eigenvalue weighted by Gasteiger charge is -2.24. The van der Waals surface area contributed by atoms with Gasteiger partial charge in [-0.05, 0) is 48.7 Å². The molecule has 0 saturated carbocycles. The van der Waals surface area contributed by atoms with Gasteiger partial charge in [-0.3, -0.25) is 4.79 Å². The van der Waals surface area contributed by atoms with Crippen LogP contribution in [0.1, 0.15) is 42.7 Å². The van der Waals surface area contributed by atoms with E-state index in [9.17, 15) is 4.79 Å². The van der Waals surface area contributed by atoms with E-state index in [0.717, 1.165) is 42.6 Å². The van der Waals surface area contributed by atoms with Gasteiger partial charge >= 0.3 is 0 Å². The second-order valence-corrected chi connectivity index (χ2v) is 7.63. The fraction of sp³-hybridized carbons (Fsp3) is 0.222. The number of benzene rings is 2. The number of pyridine rings is 1. The number of ketones is 1. The Morgan fingerprint density at radius 1 is 0.833 bits per heavy atom. The smallest absolute Gasteiger partial charge is 0.209 e. The second-order valence-electron chi connectivity index (χ2n) is 7.63. The van der Waals surface area contributed by atoms with Crippen molar-refractivity contribution in [2.24, 2.45) is 0 Å². The van der Waals surface area contributed by atoms with Gasteiger partial charge in [-0.2, -0.15) is 0 Å². The van der Waals surface area contributed by atoms with Gasteiger partial charge in [0.25, 0.3) is 0 Å². The van der Waals surface area contributed by atoms with E-state index in [1.54, 1.807) is 0 Å². The molecule has 0 atom stereocenters. The minimum atomic E-state index is 0.0386. The summed E-state index contributed by atoms with van der Waals surface area (Å²) in [5.74, 6) is 0.0386. The van der Waals surface area contributed by atoms with Crippen molar-refractivity contribution in [3.63, 3.8) is 0 Å². The summed E-state index contributed by atoms with van der Waals surface area (Å²) in [6.07, 6.45) is 4.24. The van der Waals surface area contributed by atoms with E-state index < -0.39 is 0 Å². The molecule has 0 spiro atoms. The lowest BCUT2D eigenvalue weighted by atomic mass is 10.0. The molecule has 152 valence electrons. The SMILES string of the molecule is CCCN(CCC)c1ccc(-c2cc(C(=O)c3ccccc3)n3ccccc23)cc1. The lowest BCUT2D eigenvalue weighted by Crippen LogP contribution is -2.24. The van der Waals surface area contributed by atoms with E-state index in [1.165, 1.54) is 5.69 Å². The van der Waals surface area contributed by atoms with Crippen LogP contribution in [-0.4, -0.2) is 23.3 Å². The monoisotopic (exact) mass is 396 g/mol. The Bertz CT molecular complexity index is 1120. The number of anilines is 1. The minimum Gasteiger partial charge on any atom is -0.372 e. The van der Waals surface area contributed by atoms with Gasteiger partial charge in [0.05, 0.1) is 11.2 Å². The first-order valence-electron chi connectivity index (χ1n) is 10.8. The van der Waals surface area contributed by atoms with Crippen LogP contribution in [0.15, 0.2) is 85.1 Å². The molecule has 4 aromatic rings. The van der Waals surface area contributed by atoms with E-state index in [1.807, 2.05) is 59.1 Å². The summed E-state index contributed by atoms with van der Waals surface area (Å²) in [6.45, 7) is 6.57. The molecule has 4 rings (SSSR count). The summed E-state index contributed by atoms with van der Waals surface area (Å²) < 4.78 is 2.00. The van der Waals surface area contributed by atoms with Crippen LogP contribution in [0.5, 0.6) is 0 Å². The number of nitrogens with zero attached hydrogens (tertiary/aromatic N) is 2. The first kappa shape index (κ1) is 20.0. The number of rotatable bonds is 8. The number of hydrogen-bond acceptors (Lipinski definition) is 2. The third-order valence-electron chi connectivity index (χ3n) is 5.48. The molecule has 2 aromatic heterocycles. The summed E-state index contributed by atoms with van der Waals surface area (Å²) in [5, 5.41) is 0. The highest BCUT2D eigenvalue weighted by Crippen LogP contribution is 2.31. The minimum absolute atomic E-state index is 0.0386. The Balaban J connectivity index is 1.74. The molecule has 0 unspecified atom stereocenters. The zero-order valence-corrected chi connectivity index (χ0v) is 17.7. The molecule has 0 aliphatic heterocycles. The molecule has 0 bridgehead atoms. The van der Waals surface area contributed by atoms with Crippen LogP contribution in [-0.2, 0) is 0 Å². The van der Waals surface area contributed by atoms with Gasteiger partial charge in [-0.1, -0.05) is 62.4 Å². The van der Waals surface area contributed by atoms with Crippen molar-refractivity contribution < 1.29 is 4.79 Å². The van der Waals surface area contributed by atoms with Gasteiger partial charge < -0.3 is 9.30 Å². The topological polar surface area (TPSA) is 24.7 Å². The molecule has 0 N–H and O–H groups in total. The van der Waals surface area contributed by atoms with Crippen LogP contribution < -0.4 is 4.90 Å². The van der Waals surface area contributed by atoms with Gasteiger partial charge in [0.2, 0.25) is 5.78 Å². The van der Waals surface area contributed by atoms with Crippen molar-refractivity contribution in [3.8, 4) is 11.1 Å². The van der Waals surface area contributed by atoms with Gasteiger partial charge in [-0.25, -0.2) is 0 Å². The molecule has 0 amide bonds. The molecule has 0 aliphatic rings. The van der Waals surface area contributed by atoms with Crippen molar-refractivity contribution in [1.82, 2.24) is 4.40 Å². The zero-order valence-electron chi connectivity index (χ0n) is 17.7. The van der Waals surface area contributed by atoms with Crippen molar-refractivity contribution in [2.45, 2.75) is 26.7 Å². The van der Waals surface area contributed by atoms with Crippen LogP contribution in [0, 0.1) is 0 Å². The first-order valence-corrected chi connectivity index (χ1v) is 10.8. The second kappa shape index (κ2) is 9.00. The molecule has 0 aliphatic carbocycles. The largest absolute Gasteiger partial charge is 0.372 e. The van der Waals surface area contributed by atoms with Crippen molar-refractivity contribution in [2.75, 3.05) is 18.0 Å². The highest BCUT2D eigenvalue weighted by atomic mass is 16.1. The van der Waals surface area contributed by atoms with Crippen LogP contribution in [0.25, 0.3) is 16.6 Å². The first-order chi connectivity index (χ1) is 14.7. The molecule has 2 aromatic carbocycles. The zero-order chi connectivity index (χ0) is 20.9. The fourth-order valence-electron chi connectivity index (χ4n) is 4.06.